The van der Waals surface area contributed by atoms with E-state index in [0.717, 1.165) is 0 Å². The molecular formula is C24H26ClN7O3. The molecule has 0 aliphatic carbocycles. The lowest BCUT2D eigenvalue weighted by atomic mass is 9.93. The van der Waals surface area contributed by atoms with Crippen LogP contribution in [-0.4, -0.2) is 60.6 Å². The number of amides is 2. The number of halogens is 1. The average molecular weight is 496 g/mol. The summed E-state index contributed by atoms with van der Waals surface area (Å²) >= 11 is 6.38. The van der Waals surface area contributed by atoms with Crippen molar-refractivity contribution in [2.75, 3.05) is 23.7 Å². The zero-order chi connectivity index (χ0) is 25.7. The van der Waals surface area contributed by atoms with Crippen LogP contribution in [-0.2, 0) is 9.59 Å². The van der Waals surface area contributed by atoms with E-state index in [4.69, 9.17) is 17.3 Å². The van der Waals surface area contributed by atoms with Gasteiger partial charge >= 0.3 is 0 Å². The predicted molar refractivity (Wildman–Crippen MR) is 132 cm³/mol. The van der Waals surface area contributed by atoms with E-state index in [1.807, 2.05) is 0 Å². The number of nitrogens with two attached hydrogens (primary N) is 1. The van der Waals surface area contributed by atoms with E-state index in [-0.39, 0.29) is 37.1 Å². The maximum absolute atomic E-state index is 13.6. The Morgan fingerprint density at radius 1 is 1.31 bits per heavy atom. The van der Waals surface area contributed by atoms with Gasteiger partial charge in [-0.25, -0.2) is 9.50 Å². The second-order valence-corrected chi connectivity index (χ2v) is 10.1. The van der Waals surface area contributed by atoms with Gasteiger partial charge in [0.25, 0.3) is 5.91 Å². The minimum atomic E-state index is -1.19. The molecule has 0 atom stereocenters. The molecule has 0 bridgehead atoms. The number of piperazine rings is 1. The standard InChI is InChI=1S/C24H26ClN7O3/c1-23(2,35)11-19(33)31-8-7-30(22(34)24(31,3)4)17-9-14(5-6-15(17)12-26)18-10-16(25)20-21(27)28-13-29-32(18)20/h5-6,9-10,13,35H,7-8,11H2,1-4H3,(H2,27,28,29). The first-order valence-corrected chi connectivity index (χ1v) is 11.4. The third-order valence-corrected chi connectivity index (χ3v) is 6.40. The number of nitrogens with zero attached hydrogens (tertiary/aromatic N) is 6. The summed E-state index contributed by atoms with van der Waals surface area (Å²) in [5, 5.41) is 24.5. The van der Waals surface area contributed by atoms with E-state index in [0.29, 0.717) is 33.0 Å². The van der Waals surface area contributed by atoms with Crippen molar-refractivity contribution in [2.24, 2.45) is 0 Å². The van der Waals surface area contributed by atoms with Crippen LogP contribution in [0, 0.1) is 11.3 Å². The molecule has 0 unspecified atom stereocenters. The molecule has 35 heavy (non-hydrogen) atoms. The predicted octanol–water partition coefficient (Wildman–Crippen LogP) is 2.62. The molecule has 3 N–H and O–H groups in total. The zero-order valence-electron chi connectivity index (χ0n) is 19.9. The lowest BCUT2D eigenvalue weighted by molar-refractivity contribution is -0.149. The maximum Gasteiger partial charge on any atom is 0.252 e. The van der Waals surface area contributed by atoms with Gasteiger partial charge in [0.2, 0.25) is 5.91 Å². The molecule has 1 aromatic carbocycles. The van der Waals surface area contributed by atoms with Crippen LogP contribution < -0.4 is 10.6 Å². The Morgan fingerprint density at radius 3 is 2.69 bits per heavy atom. The second kappa shape index (κ2) is 8.52. The lowest BCUT2D eigenvalue weighted by Crippen LogP contribution is -2.65. The summed E-state index contributed by atoms with van der Waals surface area (Å²) in [4.78, 5) is 33.4. The van der Waals surface area contributed by atoms with Crippen LogP contribution in [0.1, 0.15) is 39.7 Å². The average Bonchev–Trinajstić information content (AvgIpc) is 3.11. The number of hydrogen-bond acceptors (Lipinski definition) is 7. The molecule has 0 spiro atoms. The smallest absolute Gasteiger partial charge is 0.252 e. The number of hydrogen-bond donors (Lipinski definition) is 2. The van der Waals surface area contributed by atoms with Crippen LogP contribution >= 0.6 is 11.6 Å². The molecule has 3 heterocycles. The Hall–Kier alpha value is -3.68. The van der Waals surface area contributed by atoms with Gasteiger partial charge in [-0.2, -0.15) is 10.4 Å². The van der Waals surface area contributed by atoms with Crippen molar-refractivity contribution in [2.45, 2.75) is 45.3 Å². The van der Waals surface area contributed by atoms with Crippen LogP contribution in [0.4, 0.5) is 11.5 Å². The number of nitriles is 1. The van der Waals surface area contributed by atoms with Gasteiger partial charge in [-0.05, 0) is 45.9 Å². The van der Waals surface area contributed by atoms with E-state index < -0.39 is 11.1 Å². The number of benzene rings is 1. The van der Waals surface area contributed by atoms with Crippen molar-refractivity contribution in [3.8, 4) is 17.3 Å². The van der Waals surface area contributed by atoms with E-state index in [2.05, 4.69) is 16.2 Å². The highest BCUT2D eigenvalue weighted by atomic mass is 35.5. The molecular weight excluding hydrogens is 470 g/mol. The first-order valence-electron chi connectivity index (χ1n) is 11.0. The quantitative estimate of drug-likeness (QED) is 0.566. The molecule has 3 aromatic rings. The fourth-order valence-corrected chi connectivity index (χ4v) is 4.68. The fourth-order valence-electron chi connectivity index (χ4n) is 4.40. The van der Waals surface area contributed by atoms with Gasteiger partial charge < -0.3 is 20.6 Å². The number of carbonyl (C=O) groups excluding carboxylic acids is 2. The Bertz CT molecular complexity index is 1380. The maximum atomic E-state index is 13.6. The van der Waals surface area contributed by atoms with Crippen molar-refractivity contribution < 1.29 is 14.7 Å². The van der Waals surface area contributed by atoms with Crippen molar-refractivity contribution >= 4 is 40.4 Å². The molecule has 0 saturated carbocycles. The molecule has 1 saturated heterocycles. The summed E-state index contributed by atoms with van der Waals surface area (Å²) in [6, 6.07) is 8.96. The molecule has 2 amide bonds. The second-order valence-electron chi connectivity index (χ2n) is 9.68. The van der Waals surface area contributed by atoms with E-state index in [1.54, 1.807) is 56.5 Å². The SMILES string of the molecule is CC(C)(O)CC(=O)N1CCN(c2cc(-c3cc(Cl)c4c(N)ncnn34)ccc2C#N)C(=O)C1(C)C. The minimum Gasteiger partial charge on any atom is -0.390 e. The van der Waals surface area contributed by atoms with Crippen molar-refractivity contribution in [1.29, 1.82) is 5.26 Å². The third-order valence-electron chi connectivity index (χ3n) is 6.12. The van der Waals surface area contributed by atoms with Crippen LogP contribution in [0.15, 0.2) is 30.6 Å². The summed E-state index contributed by atoms with van der Waals surface area (Å²) in [5.74, 6) is -0.406. The minimum absolute atomic E-state index is 0.102. The number of carbonyl (C=O) groups is 2. The largest absolute Gasteiger partial charge is 0.390 e. The molecule has 1 fully saturated rings. The highest BCUT2D eigenvalue weighted by Crippen LogP contribution is 2.36. The number of nitrogen functional groups attached to an aromatic ring is 1. The summed E-state index contributed by atoms with van der Waals surface area (Å²) in [7, 11) is 0. The van der Waals surface area contributed by atoms with Crippen LogP contribution in [0.3, 0.4) is 0 Å². The van der Waals surface area contributed by atoms with Crippen molar-refractivity contribution in [3.63, 3.8) is 0 Å². The van der Waals surface area contributed by atoms with Crippen molar-refractivity contribution in [3.05, 3.63) is 41.2 Å². The molecule has 182 valence electrons. The van der Waals surface area contributed by atoms with Gasteiger partial charge in [0.05, 0.1) is 34.0 Å². The van der Waals surface area contributed by atoms with E-state index in [1.165, 1.54) is 16.1 Å². The van der Waals surface area contributed by atoms with Crippen molar-refractivity contribution in [1.82, 2.24) is 19.5 Å². The van der Waals surface area contributed by atoms with Crippen LogP contribution in [0.5, 0.6) is 0 Å². The fraction of sp³-hybridized carbons (Fsp3) is 0.375. The zero-order valence-corrected chi connectivity index (χ0v) is 20.7. The van der Waals surface area contributed by atoms with Gasteiger partial charge in [-0.15, -0.1) is 0 Å². The first-order chi connectivity index (χ1) is 16.3. The number of aliphatic hydroxyl groups is 1. The Kier molecular flexibility index (Phi) is 5.95. The normalized spacial score (nSPS) is 16.0. The monoisotopic (exact) mass is 495 g/mol. The molecule has 4 rings (SSSR count). The first kappa shape index (κ1) is 24.4. The summed E-state index contributed by atoms with van der Waals surface area (Å²) < 4.78 is 1.56. The van der Waals surface area contributed by atoms with E-state index in [9.17, 15) is 20.0 Å². The summed E-state index contributed by atoms with van der Waals surface area (Å²) in [6.07, 6.45) is 1.22. The molecule has 10 nitrogen and oxygen atoms in total. The number of rotatable bonds is 4. The molecule has 1 aliphatic heterocycles. The van der Waals surface area contributed by atoms with Gasteiger partial charge in [0, 0.05) is 18.7 Å². The number of aromatic nitrogens is 3. The highest BCUT2D eigenvalue weighted by molar-refractivity contribution is 6.35. The van der Waals surface area contributed by atoms with Gasteiger partial charge in [0.1, 0.15) is 23.5 Å². The lowest BCUT2D eigenvalue weighted by Gasteiger charge is -2.46. The van der Waals surface area contributed by atoms with Gasteiger partial charge in [0.15, 0.2) is 5.82 Å². The van der Waals surface area contributed by atoms with Crippen LogP contribution in [0.2, 0.25) is 5.02 Å². The van der Waals surface area contributed by atoms with Crippen LogP contribution in [0.25, 0.3) is 16.8 Å². The number of fused-ring (bicyclic) bond motifs is 1. The number of anilines is 2. The summed E-state index contributed by atoms with van der Waals surface area (Å²) in [6.45, 7) is 6.89. The van der Waals surface area contributed by atoms with E-state index >= 15 is 0 Å². The van der Waals surface area contributed by atoms with Gasteiger partial charge in [-0.1, -0.05) is 17.7 Å². The molecule has 1 aliphatic rings. The highest BCUT2D eigenvalue weighted by Gasteiger charge is 2.45. The Balaban J connectivity index is 1.75. The third kappa shape index (κ3) is 4.29. The topological polar surface area (TPSA) is 141 Å². The molecule has 2 aromatic heterocycles. The molecule has 0 radical (unpaired) electrons. The van der Waals surface area contributed by atoms with Gasteiger partial charge in [-0.3, -0.25) is 9.59 Å². The molecule has 11 heteroatoms. The Labute approximate surface area is 207 Å². The summed E-state index contributed by atoms with van der Waals surface area (Å²) in [5.41, 5.74) is 6.10. The Morgan fingerprint density at radius 2 is 2.03 bits per heavy atom.